The number of nitrogens with zero attached hydrogens (tertiary/aromatic N) is 1. The van der Waals surface area contributed by atoms with Crippen LogP contribution in [-0.4, -0.2) is 43.7 Å². The summed E-state index contributed by atoms with van der Waals surface area (Å²) in [6, 6.07) is 7.72. The molecule has 2 N–H and O–H groups in total. The summed E-state index contributed by atoms with van der Waals surface area (Å²) < 4.78 is 0. The van der Waals surface area contributed by atoms with Gasteiger partial charge in [0.2, 0.25) is 0 Å². The Kier molecular flexibility index (Phi) is 4.61. The number of rotatable bonds is 4. The van der Waals surface area contributed by atoms with E-state index in [2.05, 4.69) is 29.4 Å². The number of hydrogen-bond donors (Lipinski definition) is 2. The van der Waals surface area contributed by atoms with Crippen molar-refractivity contribution in [3.63, 3.8) is 0 Å². The maximum atomic E-state index is 9.40. The lowest BCUT2D eigenvalue weighted by Crippen LogP contribution is -2.37. The molecule has 3 nitrogen and oxygen atoms in total. The second-order valence-electron chi connectivity index (χ2n) is 5.42. The van der Waals surface area contributed by atoms with Gasteiger partial charge in [-0.2, -0.15) is 0 Å². The third-order valence-corrected chi connectivity index (χ3v) is 3.98. The zero-order chi connectivity index (χ0) is 13.0. The number of benzene rings is 1. The largest absolute Gasteiger partial charge is 0.508 e. The molecule has 1 aliphatic heterocycles. The highest BCUT2D eigenvalue weighted by Gasteiger charge is 2.26. The van der Waals surface area contributed by atoms with E-state index in [4.69, 9.17) is 0 Å². The van der Waals surface area contributed by atoms with Crippen molar-refractivity contribution in [1.29, 1.82) is 0 Å². The molecule has 1 heterocycles. The monoisotopic (exact) mass is 248 g/mol. The third-order valence-electron chi connectivity index (χ3n) is 3.98. The first kappa shape index (κ1) is 13.4. The Bertz CT molecular complexity index is 363. The molecular weight excluding hydrogens is 224 g/mol. The number of likely N-dealkylation sites (tertiary alicyclic amines) is 1. The van der Waals surface area contributed by atoms with Crippen molar-refractivity contribution in [1.82, 2.24) is 10.2 Å². The molecule has 1 fully saturated rings. The quantitative estimate of drug-likeness (QED) is 0.856. The average molecular weight is 248 g/mol. The van der Waals surface area contributed by atoms with E-state index in [1.165, 1.54) is 31.5 Å². The number of nitrogens with one attached hydrogen (secondary N) is 1. The van der Waals surface area contributed by atoms with E-state index in [9.17, 15) is 5.11 Å². The van der Waals surface area contributed by atoms with Crippen LogP contribution in [0.5, 0.6) is 5.75 Å². The summed E-state index contributed by atoms with van der Waals surface area (Å²) in [5.41, 5.74) is 1.34. The summed E-state index contributed by atoms with van der Waals surface area (Å²) in [4.78, 5) is 2.43. The second-order valence-corrected chi connectivity index (χ2v) is 5.42. The van der Waals surface area contributed by atoms with E-state index in [0.717, 1.165) is 6.54 Å². The molecule has 18 heavy (non-hydrogen) atoms. The van der Waals surface area contributed by atoms with Gasteiger partial charge in [0, 0.05) is 19.0 Å². The van der Waals surface area contributed by atoms with Crippen LogP contribution in [0.3, 0.4) is 0 Å². The molecule has 0 aromatic heterocycles. The van der Waals surface area contributed by atoms with Gasteiger partial charge in [0.05, 0.1) is 0 Å². The molecule has 1 saturated heterocycles. The number of likely N-dealkylation sites (N-methyl/N-ethyl adjacent to an activating group) is 1. The van der Waals surface area contributed by atoms with Crippen LogP contribution in [0.2, 0.25) is 0 Å². The van der Waals surface area contributed by atoms with Crippen LogP contribution in [0.15, 0.2) is 24.3 Å². The molecule has 3 heteroatoms. The van der Waals surface area contributed by atoms with Crippen LogP contribution in [0.4, 0.5) is 0 Å². The Hall–Kier alpha value is -1.06. The van der Waals surface area contributed by atoms with Crippen molar-refractivity contribution in [3.05, 3.63) is 29.8 Å². The zero-order valence-electron chi connectivity index (χ0n) is 11.4. The average Bonchev–Trinajstić information content (AvgIpc) is 2.37. The molecule has 0 bridgehead atoms. The van der Waals surface area contributed by atoms with Gasteiger partial charge in [0.25, 0.3) is 0 Å². The van der Waals surface area contributed by atoms with E-state index in [1.807, 2.05) is 7.05 Å². The maximum Gasteiger partial charge on any atom is 0.115 e. The van der Waals surface area contributed by atoms with Gasteiger partial charge in [0.15, 0.2) is 0 Å². The molecule has 0 saturated carbocycles. The van der Waals surface area contributed by atoms with E-state index in [-0.39, 0.29) is 0 Å². The standard InChI is InChI=1S/C15H24N2O/c1-16-10-15(12-5-7-14(18)8-6-12)13-4-3-9-17(2)11-13/h5-8,13,15-16,18H,3-4,9-11H2,1-2H3. The minimum Gasteiger partial charge on any atom is -0.508 e. The normalized spacial score (nSPS) is 22.9. The minimum atomic E-state index is 0.350. The zero-order valence-corrected chi connectivity index (χ0v) is 11.4. The fourth-order valence-electron chi connectivity index (χ4n) is 3.03. The van der Waals surface area contributed by atoms with Gasteiger partial charge in [-0.3, -0.25) is 0 Å². The van der Waals surface area contributed by atoms with E-state index in [1.54, 1.807) is 12.1 Å². The van der Waals surface area contributed by atoms with Crippen LogP contribution in [0.25, 0.3) is 0 Å². The predicted molar refractivity (Wildman–Crippen MR) is 75.0 cm³/mol. The first-order valence-corrected chi connectivity index (χ1v) is 6.82. The summed E-state index contributed by atoms with van der Waals surface area (Å²) in [5, 5.41) is 12.7. The summed E-state index contributed by atoms with van der Waals surface area (Å²) in [6.07, 6.45) is 2.59. The van der Waals surface area contributed by atoms with Crippen molar-refractivity contribution in [2.75, 3.05) is 33.7 Å². The highest BCUT2D eigenvalue weighted by Crippen LogP contribution is 2.31. The highest BCUT2D eigenvalue weighted by molar-refractivity contribution is 5.29. The highest BCUT2D eigenvalue weighted by atomic mass is 16.3. The summed E-state index contributed by atoms with van der Waals surface area (Å²) in [7, 11) is 4.22. The van der Waals surface area contributed by atoms with Crippen molar-refractivity contribution in [3.8, 4) is 5.75 Å². The van der Waals surface area contributed by atoms with Gasteiger partial charge in [-0.15, -0.1) is 0 Å². The van der Waals surface area contributed by atoms with Crippen LogP contribution in [-0.2, 0) is 0 Å². The molecule has 1 aromatic carbocycles. The molecule has 0 radical (unpaired) electrons. The molecule has 0 aliphatic carbocycles. The number of hydrogen-bond acceptors (Lipinski definition) is 3. The molecular formula is C15H24N2O. The van der Waals surface area contributed by atoms with Crippen LogP contribution < -0.4 is 5.32 Å². The lowest BCUT2D eigenvalue weighted by atomic mass is 9.81. The second kappa shape index (κ2) is 6.21. The number of aromatic hydroxyl groups is 1. The summed E-state index contributed by atoms with van der Waals surface area (Å²) in [5.74, 6) is 1.60. The Morgan fingerprint density at radius 3 is 2.72 bits per heavy atom. The lowest BCUT2D eigenvalue weighted by molar-refractivity contribution is 0.186. The number of phenols is 1. The maximum absolute atomic E-state index is 9.40. The number of piperidine rings is 1. The number of phenolic OH excluding ortho intramolecular Hbond substituents is 1. The Morgan fingerprint density at radius 2 is 2.11 bits per heavy atom. The minimum absolute atomic E-state index is 0.350. The molecule has 0 amide bonds. The van der Waals surface area contributed by atoms with Crippen molar-refractivity contribution in [2.45, 2.75) is 18.8 Å². The van der Waals surface area contributed by atoms with Crippen molar-refractivity contribution in [2.24, 2.45) is 5.92 Å². The fourth-order valence-corrected chi connectivity index (χ4v) is 3.03. The van der Waals surface area contributed by atoms with Crippen LogP contribution in [0.1, 0.15) is 24.3 Å². The SMILES string of the molecule is CNCC(c1ccc(O)cc1)C1CCCN(C)C1. The molecule has 1 aliphatic rings. The van der Waals surface area contributed by atoms with Crippen LogP contribution >= 0.6 is 0 Å². The first-order valence-electron chi connectivity index (χ1n) is 6.82. The van der Waals surface area contributed by atoms with E-state index < -0.39 is 0 Å². The molecule has 2 unspecified atom stereocenters. The molecule has 0 spiro atoms. The predicted octanol–water partition coefficient (Wildman–Crippen LogP) is 2.04. The fraction of sp³-hybridized carbons (Fsp3) is 0.600. The molecule has 2 rings (SSSR count). The smallest absolute Gasteiger partial charge is 0.115 e. The van der Waals surface area contributed by atoms with Gasteiger partial charge in [-0.05, 0) is 57.1 Å². The Balaban J connectivity index is 2.13. The molecule has 2 atom stereocenters. The van der Waals surface area contributed by atoms with Gasteiger partial charge < -0.3 is 15.3 Å². The van der Waals surface area contributed by atoms with E-state index in [0.29, 0.717) is 17.6 Å². The van der Waals surface area contributed by atoms with Gasteiger partial charge in [-0.25, -0.2) is 0 Å². The van der Waals surface area contributed by atoms with Gasteiger partial charge >= 0.3 is 0 Å². The van der Waals surface area contributed by atoms with Crippen LogP contribution in [0, 0.1) is 5.92 Å². The van der Waals surface area contributed by atoms with Gasteiger partial charge in [0.1, 0.15) is 5.75 Å². The summed E-state index contributed by atoms with van der Waals surface area (Å²) >= 11 is 0. The topological polar surface area (TPSA) is 35.5 Å². The molecule has 1 aromatic rings. The van der Waals surface area contributed by atoms with E-state index >= 15 is 0 Å². The van der Waals surface area contributed by atoms with Crippen molar-refractivity contribution >= 4 is 0 Å². The lowest BCUT2D eigenvalue weighted by Gasteiger charge is -2.35. The van der Waals surface area contributed by atoms with Gasteiger partial charge in [-0.1, -0.05) is 12.1 Å². The molecule has 100 valence electrons. The Morgan fingerprint density at radius 1 is 1.39 bits per heavy atom. The first-order chi connectivity index (χ1) is 8.70. The third kappa shape index (κ3) is 3.24. The Labute approximate surface area is 110 Å². The summed E-state index contributed by atoms with van der Waals surface area (Å²) in [6.45, 7) is 3.40. The van der Waals surface area contributed by atoms with Crippen molar-refractivity contribution < 1.29 is 5.11 Å².